The number of hydrogen-bond donors (Lipinski definition) is 1. The molecule has 0 unspecified atom stereocenters. The van der Waals surface area contributed by atoms with Crippen LogP contribution in [0.2, 0.25) is 0 Å². The number of nitrogens with zero attached hydrogens (tertiary/aromatic N) is 1. The summed E-state index contributed by atoms with van der Waals surface area (Å²) in [5, 5.41) is 12.3. The van der Waals surface area contributed by atoms with E-state index in [9.17, 15) is 0 Å². The fourth-order valence-electron chi connectivity index (χ4n) is 2.55. The molecule has 3 nitrogen and oxygen atoms in total. The average molecular weight is 264 g/mol. The number of nitriles is 1. The second-order valence-corrected chi connectivity index (χ2v) is 5.04. The summed E-state index contributed by atoms with van der Waals surface area (Å²) in [6.45, 7) is 2.13. The second-order valence-electron chi connectivity index (χ2n) is 5.04. The largest absolute Gasteiger partial charge is 0.350 e. The molecule has 1 N–H and O–H groups in total. The van der Waals surface area contributed by atoms with E-state index in [0.29, 0.717) is 5.56 Å². The van der Waals surface area contributed by atoms with E-state index >= 15 is 0 Å². The fraction of sp³-hybridized carbons (Fsp3) is 0.235. The van der Waals surface area contributed by atoms with E-state index in [1.807, 2.05) is 42.5 Å². The highest BCUT2D eigenvalue weighted by Gasteiger charge is 2.33. The molecule has 20 heavy (non-hydrogen) atoms. The molecule has 0 radical (unpaired) electrons. The lowest BCUT2D eigenvalue weighted by atomic mass is 10.0. The van der Waals surface area contributed by atoms with Crippen molar-refractivity contribution >= 4 is 0 Å². The van der Waals surface area contributed by atoms with Gasteiger partial charge in [0.15, 0.2) is 0 Å². The summed E-state index contributed by atoms with van der Waals surface area (Å²) >= 11 is 0. The van der Waals surface area contributed by atoms with Crippen molar-refractivity contribution in [1.29, 1.82) is 5.26 Å². The van der Waals surface area contributed by atoms with Crippen LogP contribution in [-0.4, -0.2) is 6.04 Å². The van der Waals surface area contributed by atoms with Crippen LogP contribution in [-0.2, 0) is 4.74 Å². The maximum atomic E-state index is 8.83. The van der Waals surface area contributed by atoms with Crippen molar-refractivity contribution < 1.29 is 4.74 Å². The van der Waals surface area contributed by atoms with Crippen molar-refractivity contribution in [1.82, 2.24) is 5.32 Å². The number of ether oxygens (including phenoxy) is 1. The van der Waals surface area contributed by atoms with Crippen LogP contribution in [0.15, 0.2) is 54.6 Å². The smallest absolute Gasteiger partial charge is 0.135 e. The van der Waals surface area contributed by atoms with Gasteiger partial charge >= 0.3 is 0 Å². The van der Waals surface area contributed by atoms with E-state index in [1.54, 1.807) is 0 Å². The van der Waals surface area contributed by atoms with E-state index in [4.69, 9.17) is 10.00 Å². The summed E-state index contributed by atoms with van der Waals surface area (Å²) in [7, 11) is 0. The molecule has 3 heteroatoms. The van der Waals surface area contributed by atoms with Crippen LogP contribution in [0.4, 0.5) is 0 Å². The lowest BCUT2D eigenvalue weighted by molar-refractivity contribution is 0.0363. The van der Waals surface area contributed by atoms with E-state index in [-0.39, 0.29) is 18.4 Å². The molecular formula is C17H16N2O. The fourth-order valence-corrected chi connectivity index (χ4v) is 2.55. The number of benzene rings is 2. The predicted molar refractivity (Wildman–Crippen MR) is 76.8 cm³/mol. The van der Waals surface area contributed by atoms with Gasteiger partial charge in [-0.1, -0.05) is 42.5 Å². The molecule has 0 saturated carbocycles. The first-order valence-electron chi connectivity index (χ1n) is 6.74. The van der Waals surface area contributed by atoms with E-state index < -0.39 is 0 Å². The van der Waals surface area contributed by atoms with Crippen LogP contribution in [0.25, 0.3) is 0 Å². The minimum Gasteiger partial charge on any atom is -0.350 e. The Morgan fingerprint density at radius 1 is 1.00 bits per heavy atom. The first-order valence-corrected chi connectivity index (χ1v) is 6.74. The Hall–Kier alpha value is -2.15. The monoisotopic (exact) mass is 264 g/mol. The molecule has 1 fully saturated rings. The van der Waals surface area contributed by atoms with Gasteiger partial charge in [-0.05, 0) is 30.2 Å². The SMILES string of the molecule is C[C@H]1N[C@H](c2ccc(C#N)cc2)O[C@@H]1c1ccccc1. The Balaban J connectivity index is 1.79. The quantitative estimate of drug-likeness (QED) is 0.905. The molecule has 3 atom stereocenters. The third kappa shape index (κ3) is 2.44. The summed E-state index contributed by atoms with van der Waals surface area (Å²) in [5.41, 5.74) is 2.90. The average Bonchev–Trinajstić information content (AvgIpc) is 2.90. The first-order chi connectivity index (χ1) is 9.78. The highest BCUT2D eigenvalue weighted by atomic mass is 16.5. The van der Waals surface area contributed by atoms with Crippen LogP contribution in [0.3, 0.4) is 0 Å². The molecule has 1 aliphatic rings. The molecule has 1 saturated heterocycles. The molecule has 2 aromatic carbocycles. The zero-order valence-electron chi connectivity index (χ0n) is 11.3. The maximum absolute atomic E-state index is 8.83. The predicted octanol–water partition coefficient (Wildman–Crippen LogP) is 3.31. The van der Waals surface area contributed by atoms with Crippen molar-refractivity contribution in [3.63, 3.8) is 0 Å². The molecule has 1 aliphatic heterocycles. The molecule has 100 valence electrons. The molecular weight excluding hydrogens is 248 g/mol. The van der Waals surface area contributed by atoms with Crippen molar-refractivity contribution in [3.8, 4) is 6.07 Å². The Bertz CT molecular complexity index is 616. The van der Waals surface area contributed by atoms with E-state index in [0.717, 1.165) is 5.56 Å². The Kier molecular flexibility index (Phi) is 3.51. The van der Waals surface area contributed by atoms with Crippen LogP contribution in [0, 0.1) is 11.3 Å². The van der Waals surface area contributed by atoms with Crippen molar-refractivity contribution in [2.75, 3.05) is 0 Å². The first kappa shape index (κ1) is 12.9. The van der Waals surface area contributed by atoms with Gasteiger partial charge in [-0.15, -0.1) is 0 Å². The third-order valence-corrected chi connectivity index (χ3v) is 3.62. The van der Waals surface area contributed by atoms with Gasteiger partial charge in [-0.25, -0.2) is 0 Å². The number of nitrogens with one attached hydrogen (secondary N) is 1. The van der Waals surface area contributed by atoms with Gasteiger partial charge in [0.25, 0.3) is 0 Å². The van der Waals surface area contributed by atoms with Gasteiger partial charge in [-0.2, -0.15) is 5.26 Å². The maximum Gasteiger partial charge on any atom is 0.135 e. The zero-order valence-corrected chi connectivity index (χ0v) is 11.3. The Morgan fingerprint density at radius 3 is 2.35 bits per heavy atom. The van der Waals surface area contributed by atoms with Gasteiger partial charge in [0.2, 0.25) is 0 Å². The highest BCUT2D eigenvalue weighted by Crippen LogP contribution is 2.34. The molecule has 2 aromatic rings. The molecule has 0 bridgehead atoms. The van der Waals surface area contributed by atoms with Gasteiger partial charge < -0.3 is 4.74 Å². The molecule has 0 aromatic heterocycles. The van der Waals surface area contributed by atoms with Gasteiger partial charge in [0.05, 0.1) is 11.6 Å². The zero-order chi connectivity index (χ0) is 13.9. The summed E-state index contributed by atoms with van der Waals surface area (Å²) in [6, 6.07) is 20.1. The van der Waals surface area contributed by atoms with Crippen LogP contribution in [0.5, 0.6) is 0 Å². The minimum atomic E-state index is -0.122. The van der Waals surface area contributed by atoms with Crippen molar-refractivity contribution in [2.45, 2.75) is 25.3 Å². The van der Waals surface area contributed by atoms with Crippen LogP contribution in [0.1, 0.15) is 35.9 Å². The second kappa shape index (κ2) is 5.46. The van der Waals surface area contributed by atoms with Crippen molar-refractivity contribution in [3.05, 3.63) is 71.3 Å². The lowest BCUT2D eigenvalue weighted by Crippen LogP contribution is -2.23. The lowest BCUT2D eigenvalue weighted by Gasteiger charge is -2.14. The summed E-state index contributed by atoms with van der Waals surface area (Å²) in [4.78, 5) is 0. The molecule has 3 rings (SSSR count). The van der Waals surface area contributed by atoms with Crippen LogP contribution < -0.4 is 5.32 Å². The third-order valence-electron chi connectivity index (χ3n) is 3.62. The summed E-state index contributed by atoms with van der Waals surface area (Å²) in [6.07, 6.45) is -0.0696. The minimum absolute atomic E-state index is 0.0526. The van der Waals surface area contributed by atoms with Gasteiger partial charge in [-0.3, -0.25) is 5.32 Å². The van der Waals surface area contributed by atoms with E-state index in [1.165, 1.54) is 5.56 Å². The van der Waals surface area contributed by atoms with Crippen molar-refractivity contribution in [2.24, 2.45) is 0 Å². The van der Waals surface area contributed by atoms with E-state index in [2.05, 4.69) is 30.4 Å². The Morgan fingerprint density at radius 2 is 1.70 bits per heavy atom. The number of hydrogen-bond acceptors (Lipinski definition) is 3. The molecule has 1 heterocycles. The number of rotatable bonds is 2. The summed E-state index contributed by atoms with van der Waals surface area (Å²) in [5.74, 6) is 0. The van der Waals surface area contributed by atoms with Gasteiger partial charge in [0, 0.05) is 6.04 Å². The molecule has 0 spiro atoms. The van der Waals surface area contributed by atoms with Gasteiger partial charge in [0.1, 0.15) is 12.3 Å². The standard InChI is InChI=1S/C17H16N2O/c1-12-16(14-5-3-2-4-6-14)20-17(19-12)15-9-7-13(11-18)8-10-15/h2-10,12,16-17,19H,1H3/t12-,16+,17+/m1/s1. The summed E-state index contributed by atoms with van der Waals surface area (Å²) < 4.78 is 6.13. The molecule has 0 aliphatic carbocycles. The molecule has 0 amide bonds. The highest BCUT2D eigenvalue weighted by molar-refractivity contribution is 5.33. The normalized spacial score (nSPS) is 25.3. The Labute approximate surface area is 118 Å². The van der Waals surface area contributed by atoms with Crippen LogP contribution >= 0.6 is 0 Å². The topological polar surface area (TPSA) is 45.0 Å².